The number of allylic oxidation sites excluding steroid dienone is 2. The van der Waals surface area contributed by atoms with E-state index in [2.05, 4.69) is 9.72 Å². The number of phenolic OH excluding ortho intramolecular Hbond substituents is 1. The zero-order chi connectivity index (χ0) is 39.4. The number of halogens is 10. The molecule has 2 aliphatic heterocycles. The molecule has 4 aliphatic rings. The number of hydrogen-bond acceptors (Lipinski definition) is 8. The number of pyridine rings is 1. The summed E-state index contributed by atoms with van der Waals surface area (Å²) in [5, 5.41) is 12.1. The zero-order valence-electron chi connectivity index (χ0n) is 27.1. The van der Waals surface area contributed by atoms with E-state index >= 15 is 0 Å². The van der Waals surface area contributed by atoms with Crippen molar-refractivity contribution < 1.29 is 59.8 Å². The van der Waals surface area contributed by atoms with E-state index in [1.807, 2.05) is 0 Å². The molecule has 0 unspecified atom stereocenters. The number of hydrazine groups is 1. The van der Waals surface area contributed by atoms with Gasteiger partial charge in [0.05, 0.1) is 22.5 Å². The maximum Gasteiger partial charge on any atom is 0.573 e. The molecule has 10 nitrogen and oxygen atoms in total. The Morgan fingerprint density at radius 2 is 1.59 bits per heavy atom. The van der Waals surface area contributed by atoms with Crippen molar-refractivity contribution in [3.63, 3.8) is 0 Å². The molecule has 3 aromatic rings. The van der Waals surface area contributed by atoms with Crippen molar-refractivity contribution >= 4 is 69.9 Å². The average Bonchev–Trinajstić information content (AvgIpc) is 3.42. The smallest absolute Gasteiger partial charge is 0.508 e. The van der Waals surface area contributed by atoms with Gasteiger partial charge in [-0.15, -0.1) is 36.4 Å². The Bertz CT molecular complexity index is 2170. The van der Waals surface area contributed by atoms with E-state index in [4.69, 9.17) is 34.8 Å². The first-order chi connectivity index (χ1) is 25.1. The van der Waals surface area contributed by atoms with Crippen LogP contribution in [0, 0.1) is 23.6 Å². The fourth-order valence-corrected chi connectivity index (χ4v) is 9.05. The SMILES string of the molecule is CN(c1nc(C(F)(F)F)ccc1Cl)N1C(=O)[C@H]2[C@H](CC=C3[C@H]2C[C@@]2(Cl)C(=O)N(c4ccc(F)cc4)C(=O)[C@@]2(Cl)[C@H]3c2cc(OC(F)(F)F)ccc2O)C1=O. The van der Waals surface area contributed by atoms with Crippen molar-refractivity contribution in [3.8, 4) is 11.5 Å². The number of nitrogens with zero attached hydrogens (tertiary/aromatic N) is 4. The maximum absolute atomic E-state index is 14.5. The number of imide groups is 2. The van der Waals surface area contributed by atoms with E-state index in [0.717, 1.165) is 60.6 Å². The van der Waals surface area contributed by atoms with Gasteiger partial charge in [-0.1, -0.05) is 23.3 Å². The standard InChI is InChI=1S/C34H22Cl3F7N4O6/c1-46(26-21(35)9-11-23(45-26)33(39,40)41)48-27(50)18-8-7-17-20(24(18)28(48)51)13-31(36)29(52)47(15-4-2-14(38)3-5-15)30(53)32(31,37)25(17)19-12-16(6-10-22(19)49)54-34(42,43)44/h2-7,9-12,18,20,24-25,49H,8,13H2,1H3/t18-,20+,24-,25+,31+,32-/m0/s1. The highest BCUT2D eigenvalue weighted by Gasteiger charge is 2.77. The lowest BCUT2D eigenvalue weighted by Gasteiger charge is -2.50. The minimum atomic E-state index is -5.21. The summed E-state index contributed by atoms with van der Waals surface area (Å²) < 4.78 is 98.7. The largest absolute Gasteiger partial charge is 0.573 e. The third-order valence-electron chi connectivity index (χ3n) is 10.1. The third-order valence-corrected chi connectivity index (χ3v) is 11.8. The van der Waals surface area contributed by atoms with E-state index in [1.165, 1.54) is 6.08 Å². The molecule has 6 atom stereocenters. The fraction of sp³-hybridized carbons (Fsp3) is 0.324. The van der Waals surface area contributed by atoms with Crippen LogP contribution >= 0.6 is 34.8 Å². The zero-order valence-corrected chi connectivity index (χ0v) is 29.3. The number of fused-ring (bicyclic) bond motifs is 4. The van der Waals surface area contributed by atoms with Gasteiger partial charge in [0.2, 0.25) is 0 Å². The molecular formula is C34H22Cl3F7N4O6. The van der Waals surface area contributed by atoms with Crippen molar-refractivity contribution in [2.45, 2.75) is 41.0 Å². The van der Waals surface area contributed by atoms with E-state index < -0.39 is 110 Å². The molecule has 284 valence electrons. The number of benzene rings is 2. The number of carbonyl (C=O) groups is 4. The summed E-state index contributed by atoms with van der Waals surface area (Å²) in [6.45, 7) is 0. The third kappa shape index (κ3) is 5.56. The minimum absolute atomic E-state index is 0.0463. The fourth-order valence-electron chi connectivity index (χ4n) is 7.90. The van der Waals surface area contributed by atoms with Crippen LogP contribution in [0.5, 0.6) is 11.5 Å². The van der Waals surface area contributed by atoms with Gasteiger partial charge in [-0.05, 0) is 73.4 Å². The van der Waals surface area contributed by atoms with Crippen LogP contribution in [0.2, 0.25) is 5.02 Å². The van der Waals surface area contributed by atoms with Crippen LogP contribution in [0.3, 0.4) is 0 Å². The molecule has 3 fully saturated rings. The highest BCUT2D eigenvalue weighted by Crippen LogP contribution is 2.66. The molecule has 2 saturated heterocycles. The molecule has 3 heterocycles. The minimum Gasteiger partial charge on any atom is -0.508 e. The number of aromatic hydroxyl groups is 1. The number of alkyl halides is 8. The highest BCUT2D eigenvalue weighted by molar-refractivity contribution is 6.58. The molecule has 0 radical (unpaired) electrons. The van der Waals surface area contributed by atoms with E-state index in [1.54, 1.807) is 0 Å². The Kier molecular flexibility index (Phi) is 8.70. The predicted molar refractivity (Wildman–Crippen MR) is 176 cm³/mol. The van der Waals surface area contributed by atoms with Gasteiger partial charge in [0.1, 0.15) is 23.0 Å². The normalized spacial score (nSPS) is 28.2. The Labute approximate surface area is 314 Å². The molecule has 2 aliphatic carbocycles. The summed E-state index contributed by atoms with van der Waals surface area (Å²) in [6.07, 6.45) is -9.62. The second-order valence-corrected chi connectivity index (χ2v) is 14.7. The molecule has 2 aromatic carbocycles. The van der Waals surface area contributed by atoms with Crippen LogP contribution in [-0.4, -0.2) is 61.9 Å². The van der Waals surface area contributed by atoms with Gasteiger partial charge in [0.25, 0.3) is 23.6 Å². The summed E-state index contributed by atoms with van der Waals surface area (Å²) in [5.41, 5.74) is -1.97. The van der Waals surface area contributed by atoms with Crippen LogP contribution in [0.15, 0.2) is 66.2 Å². The van der Waals surface area contributed by atoms with Crippen molar-refractivity contribution in [2.75, 3.05) is 17.0 Å². The number of carbonyl (C=O) groups excluding carboxylic acids is 4. The van der Waals surface area contributed by atoms with Gasteiger partial charge in [-0.25, -0.2) is 14.3 Å². The second-order valence-electron chi connectivity index (χ2n) is 13.0. The van der Waals surface area contributed by atoms with Crippen molar-refractivity contribution in [1.82, 2.24) is 9.99 Å². The number of hydrogen-bond donors (Lipinski definition) is 1. The topological polar surface area (TPSA) is 120 Å². The van der Waals surface area contributed by atoms with Gasteiger partial charge in [-0.2, -0.15) is 18.2 Å². The van der Waals surface area contributed by atoms with E-state index in [-0.39, 0.29) is 22.7 Å². The summed E-state index contributed by atoms with van der Waals surface area (Å²) in [4.78, 5) is 56.0. The first-order valence-electron chi connectivity index (χ1n) is 15.8. The lowest BCUT2D eigenvalue weighted by atomic mass is 9.56. The van der Waals surface area contributed by atoms with Crippen LogP contribution < -0.4 is 14.6 Å². The van der Waals surface area contributed by atoms with Gasteiger partial charge in [0.15, 0.2) is 15.6 Å². The lowest BCUT2D eigenvalue weighted by molar-refractivity contribution is -0.274. The van der Waals surface area contributed by atoms with Crippen LogP contribution in [0.25, 0.3) is 0 Å². The molecule has 0 spiro atoms. The molecule has 0 bridgehead atoms. The molecule has 54 heavy (non-hydrogen) atoms. The first-order valence-corrected chi connectivity index (χ1v) is 16.9. The molecule has 1 aromatic heterocycles. The molecule has 20 heteroatoms. The van der Waals surface area contributed by atoms with Gasteiger partial charge in [-0.3, -0.25) is 24.2 Å². The summed E-state index contributed by atoms with van der Waals surface area (Å²) in [6, 6.07) is 7.86. The number of phenols is 1. The van der Waals surface area contributed by atoms with Crippen LogP contribution in [-0.2, 0) is 25.4 Å². The summed E-state index contributed by atoms with van der Waals surface area (Å²) in [5.74, 6) is -12.8. The van der Waals surface area contributed by atoms with Crippen LogP contribution in [0.1, 0.15) is 30.0 Å². The molecule has 4 amide bonds. The second kappa shape index (κ2) is 12.5. The molecule has 1 saturated carbocycles. The summed E-state index contributed by atoms with van der Waals surface area (Å²) in [7, 11) is 1.08. The van der Waals surface area contributed by atoms with E-state index in [9.17, 15) is 55.0 Å². The van der Waals surface area contributed by atoms with Gasteiger partial charge < -0.3 is 9.84 Å². The number of ether oxygens (including phenoxy) is 1. The monoisotopic (exact) mass is 820 g/mol. The average molecular weight is 822 g/mol. The molecular weight excluding hydrogens is 800 g/mol. The van der Waals surface area contributed by atoms with Gasteiger partial charge in [0, 0.05) is 18.5 Å². The quantitative estimate of drug-likeness (QED) is 0.125. The molecule has 7 rings (SSSR count). The number of aromatic nitrogens is 1. The predicted octanol–water partition coefficient (Wildman–Crippen LogP) is 7.11. The van der Waals surface area contributed by atoms with E-state index in [0.29, 0.717) is 16.0 Å². The highest BCUT2D eigenvalue weighted by atomic mass is 35.5. The Hall–Kier alpha value is -4.61. The van der Waals surface area contributed by atoms with Gasteiger partial charge >= 0.3 is 12.5 Å². The lowest BCUT2D eigenvalue weighted by Crippen LogP contribution is -2.60. The molecule has 1 N–H and O–H groups in total. The Morgan fingerprint density at radius 1 is 0.926 bits per heavy atom. The summed E-state index contributed by atoms with van der Waals surface area (Å²) >= 11 is 20.6. The van der Waals surface area contributed by atoms with Crippen molar-refractivity contribution in [1.29, 1.82) is 0 Å². The van der Waals surface area contributed by atoms with Crippen molar-refractivity contribution in [2.24, 2.45) is 17.8 Å². The first kappa shape index (κ1) is 37.7. The maximum atomic E-state index is 14.5. The van der Waals surface area contributed by atoms with Crippen LogP contribution in [0.4, 0.5) is 42.2 Å². The Balaban J connectivity index is 1.37. The number of amides is 4. The van der Waals surface area contributed by atoms with Crippen molar-refractivity contribution in [3.05, 3.63) is 88.3 Å². The Morgan fingerprint density at radius 3 is 2.22 bits per heavy atom. The number of rotatable bonds is 5. The number of anilines is 2.